The summed E-state index contributed by atoms with van der Waals surface area (Å²) in [6, 6.07) is 2.26. The Morgan fingerprint density at radius 1 is 1.23 bits per heavy atom. The maximum atomic E-state index is 12.9. The summed E-state index contributed by atoms with van der Waals surface area (Å²) in [5.74, 6) is -0.797. The molecule has 1 aliphatic heterocycles. The third kappa shape index (κ3) is 3.05. The first-order chi connectivity index (χ1) is 12.5. The molecule has 3 heterocycles. The van der Waals surface area contributed by atoms with Crippen LogP contribution >= 0.6 is 11.3 Å². The maximum absolute atomic E-state index is 12.9. The molecule has 0 saturated carbocycles. The zero-order valence-electron chi connectivity index (χ0n) is 14.9. The third-order valence-corrected chi connectivity index (χ3v) is 6.81. The van der Waals surface area contributed by atoms with Crippen LogP contribution in [0.25, 0.3) is 0 Å². The molecule has 0 bridgehead atoms. The van der Waals surface area contributed by atoms with E-state index in [1.165, 1.54) is 29.5 Å². The number of aromatic nitrogens is 2. The van der Waals surface area contributed by atoms with E-state index in [1.54, 1.807) is 18.3 Å². The van der Waals surface area contributed by atoms with Crippen LogP contribution < -0.4 is 0 Å². The Bertz CT molecular complexity index is 823. The molecule has 2 aromatic rings. The number of carbonyl (C=O) groups excluding carboxylic acids is 1. The van der Waals surface area contributed by atoms with Gasteiger partial charge in [-0.3, -0.25) is 9.48 Å². The second-order valence-electron chi connectivity index (χ2n) is 7.18. The van der Waals surface area contributed by atoms with Crippen LogP contribution in [0.3, 0.4) is 0 Å². The quantitative estimate of drug-likeness (QED) is 0.896. The highest BCUT2D eigenvalue weighted by atomic mass is 32.1. The fraction of sp³-hybridized carbons (Fsp3) is 0.526. The lowest BCUT2D eigenvalue weighted by molar-refractivity contribution is 0.0691. The van der Waals surface area contributed by atoms with Gasteiger partial charge in [-0.25, -0.2) is 4.79 Å². The fourth-order valence-electron chi connectivity index (χ4n) is 4.07. The minimum atomic E-state index is -0.942. The van der Waals surface area contributed by atoms with Gasteiger partial charge in [-0.05, 0) is 57.1 Å². The second-order valence-corrected chi connectivity index (χ2v) is 8.32. The molecule has 1 N–H and O–H groups in total. The fourth-order valence-corrected chi connectivity index (χ4v) is 5.29. The van der Waals surface area contributed by atoms with Gasteiger partial charge in [0.15, 0.2) is 0 Å². The summed E-state index contributed by atoms with van der Waals surface area (Å²) in [5.41, 5.74) is 2.31. The Morgan fingerprint density at radius 3 is 2.62 bits per heavy atom. The molecule has 6 nitrogen and oxygen atoms in total. The Balaban J connectivity index is 1.42. The van der Waals surface area contributed by atoms with Gasteiger partial charge < -0.3 is 10.0 Å². The Hall–Kier alpha value is -2.15. The number of likely N-dealkylation sites (tertiary alicyclic amines) is 1. The molecule has 0 spiro atoms. The lowest BCUT2D eigenvalue weighted by Crippen LogP contribution is -2.39. The molecule has 1 amide bonds. The Morgan fingerprint density at radius 2 is 1.96 bits per heavy atom. The number of hydrogen-bond acceptors (Lipinski definition) is 4. The molecule has 1 fully saturated rings. The highest BCUT2D eigenvalue weighted by molar-refractivity contribution is 7.14. The van der Waals surface area contributed by atoms with Crippen molar-refractivity contribution in [3.63, 3.8) is 0 Å². The summed E-state index contributed by atoms with van der Waals surface area (Å²) < 4.78 is 1.81. The number of nitrogens with zero attached hydrogens (tertiary/aromatic N) is 3. The van der Waals surface area contributed by atoms with E-state index in [4.69, 9.17) is 0 Å². The van der Waals surface area contributed by atoms with Crippen molar-refractivity contribution in [3.05, 3.63) is 38.8 Å². The van der Waals surface area contributed by atoms with Crippen LogP contribution in [0.15, 0.2) is 12.3 Å². The van der Waals surface area contributed by atoms with Crippen molar-refractivity contribution >= 4 is 23.2 Å². The van der Waals surface area contributed by atoms with Gasteiger partial charge in [-0.15, -0.1) is 11.3 Å². The van der Waals surface area contributed by atoms with E-state index in [0.717, 1.165) is 30.6 Å². The number of carbonyl (C=O) groups is 2. The molecule has 138 valence electrons. The number of piperidine rings is 1. The lowest BCUT2D eigenvalue weighted by atomic mass is 9.99. The number of rotatable bonds is 3. The van der Waals surface area contributed by atoms with E-state index >= 15 is 0 Å². The smallest absolute Gasteiger partial charge is 0.339 e. The minimum absolute atomic E-state index is 0.145. The van der Waals surface area contributed by atoms with E-state index in [-0.39, 0.29) is 17.5 Å². The molecule has 1 saturated heterocycles. The van der Waals surface area contributed by atoms with Gasteiger partial charge in [-0.2, -0.15) is 5.10 Å². The maximum Gasteiger partial charge on any atom is 0.339 e. The first kappa shape index (κ1) is 17.3. The summed E-state index contributed by atoms with van der Waals surface area (Å²) in [5, 5.41) is 13.4. The molecule has 0 aromatic carbocycles. The van der Waals surface area contributed by atoms with E-state index in [0.29, 0.717) is 18.8 Å². The van der Waals surface area contributed by atoms with Crippen LogP contribution in [0, 0.1) is 6.92 Å². The number of carboxylic acids is 1. The second kappa shape index (κ2) is 6.87. The molecule has 2 aliphatic rings. The van der Waals surface area contributed by atoms with Crippen LogP contribution in [-0.4, -0.2) is 44.8 Å². The van der Waals surface area contributed by atoms with E-state index in [1.807, 2.05) is 9.58 Å². The van der Waals surface area contributed by atoms with Crippen molar-refractivity contribution in [2.24, 2.45) is 0 Å². The molecule has 26 heavy (non-hydrogen) atoms. The first-order valence-corrected chi connectivity index (χ1v) is 10.0. The molecule has 0 radical (unpaired) electrons. The topological polar surface area (TPSA) is 75.4 Å². The SMILES string of the molecule is Cc1c(C(=O)O)cnn1C1CCN(C(=O)c2cc3c(s2)CCCC3)CC1. The normalized spacial score (nSPS) is 18.0. The van der Waals surface area contributed by atoms with Crippen molar-refractivity contribution in [2.75, 3.05) is 13.1 Å². The van der Waals surface area contributed by atoms with Crippen LogP contribution in [0.1, 0.15) is 67.9 Å². The van der Waals surface area contributed by atoms with Gasteiger partial charge in [0.1, 0.15) is 5.56 Å². The average molecular weight is 373 g/mol. The van der Waals surface area contributed by atoms with E-state index < -0.39 is 5.97 Å². The summed E-state index contributed by atoms with van der Waals surface area (Å²) in [4.78, 5) is 28.3. The molecule has 0 unspecified atom stereocenters. The predicted octanol–water partition coefficient (Wildman–Crippen LogP) is 3.31. The van der Waals surface area contributed by atoms with E-state index in [9.17, 15) is 14.7 Å². The molecule has 0 atom stereocenters. The number of aromatic carboxylic acids is 1. The molecule has 2 aromatic heterocycles. The minimum Gasteiger partial charge on any atom is -0.478 e. The summed E-state index contributed by atoms with van der Waals surface area (Å²) in [6.45, 7) is 3.17. The standard InChI is InChI=1S/C19H23N3O3S/c1-12-15(19(24)25)11-20-22(12)14-6-8-21(9-7-14)18(23)17-10-13-4-2-3-5-16(13)26-17/h10-11,14H,2-9H2,1H3,(H,24,25). The largest absolute Gasteiger partial charge is 0.478 e. The zero-order chi connectivity index (χ0) is 18.3. The van der Waals surface area contributed by atoms with Gasteiger partial charge in [0.25, 0.3) is 5.91 Å². The Labute approximate surface area is 156 Å². The van der Waals surface area contributed by atoms with Crippen molar-refractivity contribution in [1.82, 2.24) is 14.7 Å². The van der Waals surface area contributed by atoms with E-state index in [2.05, 4.69) is 11.2 Å². The molecular formula is C19H23N3O3S. The monoisotopic (exact) mass is 373 g/mol. The van der Waals surface area contributed by atoms with Gasteiger partial charge >= 0.3 is 5.97 Å². The van der Waals surface area contributed by atoms with Crippen LogP contribution in [0.4, 0.5) is 0 Å². The highest BCUT2D eigenvalue weighted by Gasteiger charge is 2.28. The van der Waals surface area contributed by atoms with Gasteiger partial charge in [-0.1, -0.05) is 0 Å². The number of hydrogen-bond donors (Lipinski definition) is 1. The molecule has 1 aliphatic carbocycles. The predicted molar refractivity (Wildman–Crippen MR) is 99.1 cm³/mol. The van der Waals surface area contributed by atoms with Gasteiger partial charge in [0.05, 0.1) is 22.8 Å². The molecule has 4 rings (SSSR count). The third-order valence-electron chi connectivity index (χ3n) is 5.58. The van der Waals surface area contributed by atoms with Crippen molar-refractivity contribution in [2.45, 2.75) is 51.5 Å². The average Bonchev–Trinajstić information content (AvgIpc) is 3.24. The van der Waals surface area contributed by atoms with Gasteiger partial charge in [0, 0.05) is 18.0 Å². The lowest BCUT2D eigenvalue weighted by Gasteiger charge is -2.32. The summed E-state index contributed by atoms with van der Waals surface area (Å²) >= 11 is 1.67. The van der Waals surface area contributed by atoms with Gasteiger partial charge in [0.2, 0.25) is 0 Å². The Kier molecular flexibility index (Phi) is 4.56. The van der Waals surface area contributed by atoms with Crippen molar-refractivity contribution in [1.29, 1.82) is 0 Å². The highest BCUT2D eigenvalue weighted by Crippen LogP contribution is 2.32. The van der Waals surface area contributed by atoms with Crippen LogP contribution in [0.2, 0.25) is 0 Å². The summed E-state index contributed by atoms with van der Waals surface area (Å²) in [7, 11) is 0. The van der Waals surface area contributed by atoms with Crippen molar-refractivity contribution < 1.29 is 14.7 Å². The number of carboxylic acid groups (broad SMARTS) is 1. The van der Waals surface area contributed by atoms with Crippen LogP contribution in [-0.2, 0) is 12.8 Å². The number of fused-ring (bicyclic) bond motifs is 1. The van der Waals surface area contributed by atoms with Crippen LogP contribution in [0.5, 0.6) is 0 Å². The zero-order valence-corrected chi connectivity index (χ0v) is 15.7. The number of aryl methyl sites for hydroxylation is 2. The molecular weight excluding hydrogens is 350 g/mol. The number of amides is 1. The number of thiophene rings is 1. The van der Waals surface area contributed by atoms with Crippen molar-refractivity contribution in [3.8, 4) is 0 Å². The molecule has 7 heteroatoms. The summed E-state index contributed by atoms with van der Waals surface area (Å²) in [6.07, 6.45) is 7.70. The first-order valence-electron chi connectivity index (χ1n) is 9.23.